The van der Waals surface area contributed by atoms with E-state index in [0.29, 0.717) is 13.2 Å². The molecule has 0 radical (unpaired) electrons. The molecule has 1 aromatic carbocycles. The van der Waals surface area contributed by atoms with E-state index in [2.05, 4.69) is 0 Å². The average molecular weight is 247 g/mol. The van der Waals surface area contributed by atoms with Gasteiger partial charge in [-0.2, -0.15) is 0 Å². The Morgan fingerprint density at radius 3 is 2.94 bits per heavy atom. The Kier molecular flexibility index (Phi) is 3.99. The second-order valence-corrected chi connectivity index (χ2v) is 4.23. The molecule has 0 aliphatic heterocycles. The fourth-order valence-electron chi connectivity index (χ4n) is 1.93. The molecule has 0 amide bonds. The first kappa shape index (κ1) is 12.6. The van der Waals surface area contributed by atoms with Crippen LogP contribution in [-0.4, -0.2) is 31.1 Å². The highest BCUT2D eigenvalue weighted by atomic mass is 16.5. The number of hydrogen-bond acceptors (Lipinski definition) is 4. The van der Waals surface area contributed by atoms with Crippen LogP contribution < -0.4 is 0 Å². The van der Waals surface area contributed by atoms with E-state index in [9.17, 15) is 4.79 Å². The summed E-state index contributed by atoms with van der Waals surface area (Å²) in [5, 5.41) is 1.09. The van der Waals surface area contributed by atoms with E-state index in [1.807, 2.05) is 43.1 Å². The number of carbonyl (C=O) groups is 1. The number of hydrogen-bond donors (Lipinski definition) is 0. The van der Waals surface area contributed by atoms with Gasteiger partial charge in [0.2, 0.25) is 0 Å². The van der Waals surface area contributed by atoms with Gasteiger partial charge in [-0.05, 0) is 20.0 Å². The van der Waals surface area contributed by atoms with E-state index in [1.54, 1.807) is 6.26 Å². The normalized spacial score (nSPS) is 11.1. The van der Waals surface area contributed by atoms with Gasteiger partial charge >= 0.3 is 5.97 Å². The molecular formula is C14H17NO3. The summed E-state index contributed by atoms with van der Waals surface area (Å²) in [5.41, 5.74) is 1.95. The molecule has 2 rings (SSSR count). The molecule has 1 aromatic heterocycles. The van der Waals surface area contributed by atoms with E-state index >= 15 is 0 Å². The third-order valence-corrected chi connectivity index (χ3v) is 2.71. The second-order valence-electron chi connectivity index (χ2n) is 4.23. The van der Waals surface area contributed by atoms with Gasteiger partial charge in [-0.3, -0.25) is 9.69 Å². The van der Waals surface area contributed by atoms with Gasteiger partial charge in [0.25, 0.3) is 0 Å². The van der Waals surface area contributed by atoms with Crippen molar-refractivity contribution in [1.82, 2.24) is 4.90 Å². The molecule has 0 aliphatic rings. The minimum Gasteiger partial charge on any atom is -0.465 e. The van der Waals surface area contributed by atoms with Crippen LogP contribution in [0.2, 0.25) is 0 Å². The predicted octanol–water partition coefficient (Wildman–Crippen LogP) is 2.43. The Labute approximate surface area is 106 Å². The maximum absolute atomic E-state index is 11.4. The van der Waals surface area contributed by atoms with Gasteiger partial charge in [-0.1, -0.05) is 18.2 Å². The molecule has 2 aromatic rings. The Balaban J connectivity index is 2.03. The van der Waals surface area contributed by atoms with Crippen molar-refractivity contribution in [3.05, 3.63) is 36.1 Å². The molecule has 0 fully saturated rings. The molecule has 18 heavy (non-hydrogen) atoms. The molecule has 96 valence electrons. The third kappa shape index (κ3) is 2.90. The number of likely N-dealkylation sites (N-methyl/N-ethyl adjacent to an activating group) is 1. The first-order valence-electron chi connectivity index (χ1n) is 6.00. The fourth-order valence-corrected chi connectivity index (χ4v) is 1.93. The van der Waals surface area contributed by atoms with Gasteiger partial charge in [0.1, 0.15) is 5.58 Å². The van der Waals surface area contributed by atoms with Crippen molar-refractivity contribution in [2.45, 2.75) is 13.5 Å². The van der Waals surface area contributed by atoms with Gasteiger partial charge in [-0.15, -0.1) is 0 Å². The lowest BCUT2D eigenvalue weighted by Crippen LogP contribution is -2.26. The van der Waals surface area contributed by atoms with E-state index < -0.39 is 0 Å². The van der Waals surface area contributed by atoms with Gasteiger partial charge < -0.3 is 9.15 Å². The largest absolute Gasteiger partial charge is 0.465 e. The molecule has 4 nitrogen and oxygen atoms in total. The molecular weight excluding hydrogens is 230 g/mol. The number of carbonyl (C=O) groups excluding carboxylic acids is 1. The molecule has 0 bridgehead atoms. The van der Waals surface area contributed by atoms with Crippen LogP contribution >= 0.6 is 0 Å². The molecule has 4 heteroatoms. The van der Waals surface area contributed by atoms with Gasteiger partial charge in [0.15, 0.2) is 0 Å². The van der Waals surface area contributed by atoms with Crippen LogP contribution in [0.3, 0.4) is 0 Å². The number of nitrogens with zero attached hydrogens (tertiary/aromatic N) is 1. The first-order chi connectivity index (χ1) is 8.70. The molecule has 0 saturated carbocycles. The Bertz CT molecular complexity index is 533. The zero-order chi connectivity index (χ0) is 13.0. The Hall–Kier alpha value is -1.81. The number of ether oxygens (including phenoxy) is 1. The summed E-state index contributed by atoms with van der Waals surface area (Å²) in [5.74, 6) is -0.201. The van der Waals surface area contributed by atoms with Crippen LogP contribution in [0.25, 0.3) is 11.0 Å². The monoisotopic (exact) mass is 247 g/mol. The predicted molar refractivity (Wildman–Crippen MR) is 69.2 cm³/mol. The molecule has 0 saturated heterocycles. The van der Waals surface area contributed by atoms with Crippen molar-refractivity contribution in [2.24, 2.45) is 0 Å². The zero-order valence-corrected chi connectivity index (χ0v) is 10.7. The van der Waals surface area contributed by atoms with E-state index in [1.165, 1.54) is 0 Å². The maximum atomic E-state index is 11.4. The van der Waals surface area contributed by atoms with Crippen molar-refractivity contribution >= 4 is 16.9 Å². The maximum Gasteiger partial charge on any atom is 0.320 e. The third-order valence-electron chi connectivity index (χ3n) is 2.71. The lowest BCUT2D eigenvalue weighted by atomic mass is 10.2. The SMILES string of the molecule is CCOC(=O)CN(C)Cc1coc2ccccc12. The summed E-state index contributed by atoms with van der Waals surface area (Å²) in [4.78, 5) is 13.3. The lowest BCUT2D eigenvalue weighted by Gasteiger charge is -2.14. The number of benzene rings is 1. The summed E-state index contributed by atoms with van der Waals surface area (Å²) in [6, 6.07) is 7.88. The first-order valence-corrected chi connectivity index (χ1v) is 6.00. The minimum atomic E-state index is -0.201. The smallest absolute Gasteiger partial charge is 0.320 e. The molecule has 1 heterocycles. The number of esters is 1. The summed E-state index contributed by atoms with van der Waals surface area (Å²) >= 11 is 0. The Morgan fingerprint density at radius 2 is 2.17 bits per heavy atom. The summed E-state index contributed by atoms with van der Waals surface area (Å²) in [6.45, 7) is 3.17. The topological polar surface area (TPSA) is 42.7 Å². The number of furan rings is 1. The molecule has 0 spiro atoms. The van der Waals surface area contributed by atoms with E-state index in [0.717, 1.165) is 16.5 Å². The second kappa shape index (κ2) is 5.69. The van der Waals surface area contributed by atoms with Crippen molar-refractivity contribution in [3.8, 4) is 0 Å². The van der Waals surface area contributed by atoms with Crippen LogP contribution in [0.1, 0.15) is 12.5 Å². The van der Waals surface area contributed by atoms with Gasteiger partial charge in [-0.25, -0.2) is 0 Å². The van der Waals surface area contributed by atoms with E-state index in [4.69, 9.17) is 9.15 Å². The summed E-state index contributed by atoms with van der Waals surface area (Å²) in [7, 11) is 1.89. The van der Waals surface area contributed by atoms with E-state index in [-0.39, 0.29) is 12.5 Å². The summed E-state index contributed by atoms with van der Waals surface area (Å²) in [6.07, 6.45) is 1.74. The highest BCUT2D eigenvalue weighted by Gasteiger charge is 2.11. The van der Waals surface area contributed by atoms with Gasteiger partial charge in [0.05, 0.1) is 19.4 Å². The zero-order valence-electron chi connectivity index (χ0n) is 10.7. The number of rotatable bonds is 5. The molecule has 0 N–H and O–H groups in total. The van der Waals surface area contributed by atoms with Crippen LogP contribution in [0, 0.1) is 0 Å². The highest BCUT2D eigenvalue weighted by molar-refractivity contribution is 5.80. The van der Waals surface area contributed by atoms with Crippen LogP contribution in [-0.2, 0) is 16.1 Å². The van der Waals surface area contributed by atoms with Crippen LogP contribution in [0.4, 0.5) is 0 Å². The van der Waals surface area contributed by atoms with Crippen LogP contribution in [0.15, 0.2) is 34.9 Å². The number of fused-ring (bicyclic) bond motifs is 1. The van der Waals surface area contributed by atoms with Crippen LogP contribution in [0.5, 0.6) is 0 Å². The number of para-hydroxylation sites is 1. The highest BCUT2D eigenvalue weighted by Crippen LogP contribution is 2.21. The quantitative estimate of drug-likeness (QED) is 0.761. The van der Waals surface area contributed by atoms with Crippen molar-refractivity contribution in [1.29, 1.82) is 0 Å². The lowest BCUT2D eigenvalue weighted by molar-refractivity contribution is -0.144. The fraction of sp³-hybridized carbons (Fsp3) is 0.357. The Morgan fingerprint density at radius 1 is 1.39 bits per heavy atom. The van der Waals surface area contributed by atoms with Gasteiger partial charge in [0, 0.05) is 17.5 Å². The standard InChI is InChI=1S/C14H17NO3/c1-3-17-14(16)9-15(2)8-11-10-18-13-7-5-4-6-12(11)13/h4-7,10H,3,8-9H2,1-2H3. The molecule has 0 unspecified atom stereocenters. The molecule has 0 aliphatic carbocycles. The van der Waals surface area contributed by atoms with Crippen molar-refractivity contribution in [2.75, 3.05) is 20.2 Å². The minimum absolute atomic E-state index is 0.201. The average Bonchev–Trinajstić information content (AvgIpc) is 2.73. The van der Waals surface area contributed by atoms with Crippen molar-refractivity contribution in [3.63, 3.8) is 0 Å². The molecule has 0 atom stereocenters. The van der Waals surface area contributed by atoms with Crippen molar-refractivity contribution < 1.29 is 13.9 Å². The summed E-state index contributed by atoms with van der Waals surface area (Å²) < 4.78 is 10.4.